The lowest BCUT2D eigenvalue weighted by molar-refractivity contribution is -0.176. The molecule has 0 radical (unpaired) electrons. The van der Waals surface area contributed by atoms with E-state index in [0.717, 1.165) is 32.1 Å². The van der Waals surface area contributed by atoms with Crippen molar-refractivity contribution in [2.75, 3.05) is 0 Å². The molecule has 1 aliphatic heterocycles. The fourth-order valence-electron chi connectivity index (χ4n) is 9.18. The average molecular weight is 429 g/mol. The molecule has 9 atom stereocenters. The van der Waals surface area contributed by atoms with Crippen molar-refractivity contribution < 1.29 is 19.1 Å². The summed E-state index contributed by atoms with van der Waals surface area (Å²) in [6, 6.07) is 0. The molecule has 4 saturated carbocycles. The van der Waals surface area contributed by atoms with Gasteiger partial charge in [-0.1, -0.05) is 31.2 Å². The standard InChI is InChI=1S/C25H32O4S/c1-13(26)30-19-11-14-10-15(27)4-7-23(14,2)17-5-8-24(3)22(21(17)19)16-12-18(16)25(24)9-6-20(28)29-25/h10,16-19,21-22H,4-9,11-12H2,1-3H3/t16-,17?,18+,19+,21?,22?,23-,24-,25-/m0/s1. The van der Waals surface area contributed by atoms with Gasteiger partial charge in [-0.3, -0.25) is 14.4 Å². The van der Waals surface area contributed by atoms with Crippen LogP contribution >= 0.6 is 11.8 Å². The van der Waals surface area contributed by atoms with Crippen LogP contribution in [0, 0.1) is 40.4 Å². The molecule has 30 heavy (non-hydrogen) atoms. The van der Waals surface area contributed by atoms with E-state index < -0.39 is 0 Å². The highest BCUT2D eigenvalue weighted by molar-refractivity contribution is 8.14. The van der Waals surface area contributed by atoms with Crippen molar-refractivity contribution in [1.82, 2.24) is 0 Å². The monoisotopic (exact) mass is 428 g/mol. The third-order valence-corrected chi connectivity index (χ3v) is 11.5. The summed E-state index contributed by atoms with van der Waals surface area (Å²) in [5.74, 6) is 2.94. The minimum Gasteiger partial charge on any atom is -0.458 e. The van der Waals surface area contributed by atoms with Crippen LogP contribution in [0.3, 0.4) is 0 Å². The zero-order valence-electron chi connectivity index (χ0n) is 18.2. The minimum atomic E-state index is -0.255. The van der Waals surface area contributed by atoms with Crippen molar-refractivity contribution >= 4 is 28.6 Å². The first-order valence-corrected chi connectivity index (χ1v) is 12.7. The number of ether oxygens (including phenoxy) is 1. The second kappa shape index (κ2) is 6.02. The Morgan fingerprint density at radius 2 is 1.93 bits per heavy atom. The van der Waals surface area contributed by atoms with E-state index in [1.807, 2.05) is 6.08 Å². The van der Waals surface area contributed by atoms with E-state index in [9.17, 15) is 14.4 Å². The molecular formula is C25H32O4S. The second-order valence-electron chi connectivity index (χ2n) is 11.4. The van der Waals surface area contributed by atoms with E-state index in [1.54, 1.807) is 6.92 Å². The third-order valence-electron chi connectivity index (χ3n) is 10.4. The summed E-state index contributed by atoms with van der Waals surface area (Å²) in [4.78, 5) is 36.7. The van der Waals surface area contributed by atoms with Gasteiger partial charge in [0, 0.05) is 36.3 Å². The molecule has 0 bridgehead atoms. The smallest absolute Gasteiger partial charge is 0.306 e. The molecule has 162 valence electrons. The highest BCUT2D eigenvalue weighted by Crippen LogP contribution is 2.79. The molecule has 6 aliphatic rings. The van der Waals surface area contributed by atoms with E-state index in [-0.39, 0.29) is 38.5 Å². The summed E-state index contributed by atoms with van der Waals surface area (Å²) in [6.45, 7) is 6.49. The van der Waals surface area contributed by atoms with E-state index in [2.05, 4.69) is 13.8 Å². The fraction of sp³-hybridized carbons (Fsp3) is 0.800. The highest BCUT2D eigenvalue weighted by atomic mass is 32.2. The average Bonchev–Trinajstić information content (AvgIpc) is 3.31. The molecule has 5 heteroatoms. The molecule has 0 aromatic carbocycles. The quantitative estimate of drug-likeness (QED) is 0.566. The number of carbonyl (C=O) groups excluding carboxylic acids is 3. The van der Waals surface area contributed by atoms with Crippen LogP contribution < -0.4 is 0 Å². The van der Waals surface area contributed by atoms with E-state index in [4.69, 9.17) is 4.74 Å². The zero-order valence-corrected chi connectivity index (χ0v) is 19.1. The van der Waals surface area contributed by atoms with Gasteiger partial charge in [0.05, 0.1) is 0 Å². The van der Waals surface area contributed by atoms with Gasteiger partial charge < -0.3 is 4.74 Å². The van der Waals surface area contributed by atoms with Crippen LogP contribution in [0.15, 0.2) is 11.6 Å². The molecule has 1 spiro atoms. The van der Waals surface area contributed by atoms with Crippen molar-refractivity contribution in [3.8, 4) is 0 Å². The SMILES string of the molecule is CC(=O)S[C@@H]1CC2=CC(=O)CC[C@]2(C)C2CC[C@@]3(C)C(C21)[C@H]1C[C@H]1[C@@]31CCC(=O)O1. The van der Waals surface area contributed by atoms with Gasteiger partial charge in [-0.2, -0.15) is 0 Å². The summed E-state index contributed by atoms with van der Waals surface area (Å²) in [6.07, 6.45) is 9.27. The molecule has 1 heterocycles. The predicted molar refractivity (Wildman–Crippen MR) is 115 cm³/mol. The van der Waals surface area contributed by atoms with Crippen molar-refractivity contribution in [2.45, 2.75) is 83.0 Å². The molecule has 0 aromatic rings. The lowest BCUT2D eigenvalue weighted by Gasteiger charge is -2.62. The normalized spacial score (nSPS) is 53.4. The number of hydrogen-bond donors (Lipinski definition) is 0. The molecular weight excluding hydrogens is 396 g/mol. The number of allylic oxidation sites excluding steroid dienone is 1. The Labute approximate surface area is 182 Å². The van der Waals surface area contributed by atoms with Crippen LogP contribution in [0.1, 0.15) is 72.1 Å². The maximum absolute atomic E-state index is 12.3. The lowest BCUT2D eigenvalue weighted by Crippen LogP contribution is -2.59. The first-order chi connectivity index (χ1) is 14.2. The summed E-state index contributed by atoms with van der Waals surface area (Å²) >= 11 is 1.52. The number of thioether (sulfide) groups is 1. The van der Waals surface area contributed by atoms with Gasteiger partial charge in [0.15, 0.2) is 10.9 Å². The predicted octanol–water partition coefficient (Wildman–Crippen LogP) is 4.71. The Hall–Kier alpha value is -1.10. The van der Waals surface area contributed by atoms with Crippen molar-refractivity contribution in [2.24, 2.45) is 40.4 Å². The first kappa shape index (κ1) is 19.6. The van der Waals surface area contributed by atoms with Gasteiger partial charge in [0.2, 0.25) is 0 Å². The maximum atomic E-state index is 12.3. The van der Waals surface area contributed by atoms with Gasteiger partial charge in [0.25, 0.3) is 0 Å². The third kappa shape index (κ3) is 2.28. The Kier molecular flexibility index (Phi) is 3.93. The van der Waals surface area contributed by atoms with Gasteiger partial charge in [-0.05, 0) is 73.7 Å². The molecule has 5 aliphatic carbocycles. The Morgan fingerprint density at radius 1 is 1.13 bits per heavy atom. The van der Waals surface area contributed by atoms with Crippen molar-refractivity contribution in [3.05, 3.63) is 11.6 Å². The van der Waals surface area contributed by atoms with E-state index in [1.165, 1.54) is 23.8 Å². The summed E-state index contributed by atoms with van der Waals surface area (Å²) in [7, 11) is 0. The Morgan fingerprint density at radius 3 is 2.63 bits per heavy atom. The van der Waals surface area contributed by atoms with Crippen molar-refractivity contribution in [3.63, 3.8) is 0 Å². The largest absolute Gasteiger partial charge is 0.458 e. The zero-order chi connectivity index (χ0) is 21.1. The number of rotatable bonds is 1. The topological polar surface area (TPSA) is 60.4 Å². The molecule has 1 saturated heterocycles. The fourth-order valence-corrected chi connectivity index (χ4v) is 10.4. The summed E-state index contributed by atoms with van der Waals surface area (Å²) in [5, 5.41) is 0.431. The molecule has 0 amide bonds. The highest BCUT2D eigenvalue weighted by Gasteiger charge is 2.79. The molecule has 3 unspecified atom stereocenters. The van der Waals surface area contributed by atoms with Crippen LogP contribution in [0.25, 0.3) is 0 Å². The first-order valence-electron chi connectivity index (χ1n) is 11.8. The van der Waals surface area contributed by atoms with Crippen LogP contribution in [-0.2, 0) is 19.1 Å². The van der Waals surface area contributed by atoms with E-state index >= 15 is 0 Å². The van der Waals surface area contributed by atoms with Gasteiger partial charge in [-0.15, -0.1) is 0 Å². The molecule has 5 fully saturated rings. The Balaban J connectivity index is 1.45. The van der Waals surface area contributed by atoms with Crippen LogP contribution in [0.5, 0.6) is 0 Å². The number of fused-ring (bicyclic) bond motifs is 9. The van der Waals surface area contributed by atoms with Gasteiger partial charge >= 0.3 is 5.97 Å². The summed E-state index contributed by atoms with van der Waals surface area (Å²) in [5.41, 5.74) is 1.16. The number of esters is 1. The lowest BCUT2D eigenvalue weighted by atomic mass is 9.45. The van der Waals surface area contributed by atoms with Crippen LogP contribution in [-0.4, -0.2) is 27.7 Å². The second-order valence-corrected chi connectivity index (χ2v) is 12.9. The van der Waals surface area contributed by atoms with E-state index in [0.29, 0.717) is 42.4 Å². The molecule has 0 N–H and O–H groups in total. The summed E-state index contributed by atoms with van der Waals surface area (Å²) < 4.78 is 6.21. The minimum absolute atomic E-state index is 0.00840. The van der Waals surface area contributed by atoms with Crippen molar-refractivity contribution in [1.29, 1.82) is 0 Å². The van der Waals surface area contributed by atoms with Crippen LogP contribution in [0.4, 0.5) is 0 Å². The number of hydrogen-bond acceptors (Lipinski definition) is 5. The molecule has 6 rings (SSSR count). The maximum Gasteiger partial charge on any atom is 0.306 e. The Bertz CT molecular complexity index is 894. The molecule has 0 aromatic heterocycles. The molecule has 4 nitrogen and oxygen atoms in total. The van der Waals surface area contributed by atoms with Gasteiger partial charge in [0.1, 0.15) is 5.60 Å². The number of ketones is 1. The number of carbonyl (C=O) groups is 3. The van der Waals surface area contributed by atoms with Crippen LogP contribution in [0.2, 0.25) is 0 Å². The van der Waals surface area contributed by atoms with Gasteiger partial charge in [-0.25, -0.2) is 0 Å².